The quantitative estimate of drug-likeness (QED) is 0.913. The van der Waals surface area contributed by atoms with E-state index >= 15 is 0 Å². The summed E-state index contributed by atoms with van der Waals surface area (Å²) in [5.41, 5.74) is 0.574. The molecule has 5 nitrogen and oxygen atoms in total. The fraction of sp³-hybridized carbons (Fsp3) is 0.533. The Bertz CT molecular complexity index is 661. The Morgan fingerprint density at radius 3 is 2.82 bits per heavy atom. The number of carbonyl (C=O) groups is 1. The Kier molecular flexibility index (Phi) is 5.34. The van der Waals surface area contributed by atoms with E-state index in [0.29, 0.717) is 29.6 Å². The summed E-state index contributed by atoms with van der Waals surface area (Å²) in [5.74, 6) is 0.329. The summed E-state index contributed by atoms with van der Waals surface area (Å²) >= 11 is 5.98. The zero-order valence-corrected chi connectivity index (χ0v) is 14.4. The number of hydrogen-bond donors (Lipinski definition) is 1. The number of halogens is 1. The van der Waals surface area contributed by atoms with Crippen LogP contribution in [0.25, 0.3) is 0 Å². The number of sulfonamides is 1. The summed E-state index contributed by atoms with van der Waals surface area (Å²) in [6, 6.07) is 4.61. The molecule has 0 aliphatic carbocycles. The van der Waals surface area contributed by atoms with Crippen LogP contribution in [-0.4, -0.2) is 38.6 Å². The summed E-state index contributed by atoms with van der Waals surface area (Å²) < 4.78 is 25.3. The first-order chi connectivity index (χ1) is 10.3. The van der Waals surface area contributed by atoms with Crippen LogP contribution in [0.3, 0.4) is 0 Å². The van der Waals surface area contributed by atoms with E-state index in [9.17, 15) is 13.2 Å². The molecule has 1 atom stereocenters. The second kappa shape index (κ2) is 6.87. The third-order valence-corrected chi connectivity index (χ3v) is 4.72. The fourth-order valence-corrected chi connectivity index (χ4v) is 3.48. The highest BCUT2D eigenvalue weighted by atomic mass is 35.5. The Hall–Kier alpha value is -1.27. The SMILES string of the molecule is CC[C@@H]1CCCN(C(=O)c2cc(Cl)ccc2NS(C)(=O)=O)C1. The van der Waals surface area contributed by atoms with Crippen LogP contribution >= 0.6 is 11.6 Å². The van der Waals surface area contributed by atoms with Gasteiger partial charge in [0.25, 0.3) is 5.91 Å². The topological polar surface area (TPSA) is 66.5 Å². The smallest absolute Gasteiger partial charge is 0.256 e. The van der Waals surface area contributed by atoms with Crippen molar-refractivity contribution in [3.8, 4) is 0 Å². The Morgan fingerprint density at radius 1 is 1.45 bits per heavy atom. The monoisotopic (exact) mass is 344 g/mol. The average Bonchev–Trinajstić information content (AvgIpc) is 2.47. The number of benzene rings is 1. The van der Waals surface area contributed by atoms with Crippen molar-refractivity contribution in [1.29, 1.82) is 0 Å². The van der Waals surface area contributed by atoms with Gasteiger partial charge in [-0.2, -0.15) is 0 Å². The molecule has 1 amide bonds. The highest BCUT2D eigenvalue weighted by Gasteiger charge is 2.25. The van der Waals surface area contributed by atoms with Crippen LogP contribution in [0.5, 0.6) is 0 Å². The van der Waals surface area contributed by atoms with Crippen molar-refractivity contribution in [1.82, 2.24) is 4.90 Å². The summed E-state index contributed by atoms with van der Waals surface area (Å²) in [6.07, 6.45) is 4.20. The van der Waals surface area contributed by atoms with Gasteiger partial charge in [0.05, 0.1) is 17.5 Å². The molecule has 2 rings (SSSR count). The molecule has 122 valence electrons. The second-order valence-electron chi connectivity index (χ2n) is 5.73. The minimum absolute atomic E-state index is 0.174. The van der Waals surface area contributed by atoms with Gasteiger partial charge in [0.15, 0.2) is 0 Å². The van der Waals surface area contributed by atoms with Gasteiger partial charge in [-0.15, -0.1) is 0 Å². The van der Waals surface area contributed by atoms with Crippen LogP contribution in [0.4, 0.5) is 5.69 Å². The van der Waals surface area contributed by atoms with E-state index in [1.807, 2.05) is 0 Å². The Morgan fingerprint density at radius 2 is 2.18 bits per heavy atom. The summed E-state index contributed by atoms with van der Waals surface area (Å²) in [4.78, 5) is 14.5. The van der Waals surface area contributed by atoms with E-state index in [4.69, 9.17) is 11.6 Å². The van der Waals surface area contributed by atoms with Gasteiger partial charge in [0.1, 0.15) is 0 Å². The van der Waals surface area contributed by atoms with Gasteiger partial charge in [0.2, 0.25) is 10.0 Å². The molecule has 1 aliphatic rings. The normalized spacial score (nSPS) is 19.0. The standard InChI is InChI=1S/C15H21ClN2O3S/c1-3-11-5-4-8-18(10-11)15(19)13-9-12(16)6-7-14(13)17-22(2,20)21/h6-7,9,11,17H,3-5,8,10H2,1-2H3/t11-/m1/s1. The van der Waals surface area contributed by atoms with Crippen LogP contribution in [0.15, 0.2) is 18.2 Å². The lowest BCUT2D eigenvalue weighted by Crippen LogP contribution is -2.40. The van der Waals surface area contributed by atoms with Crippen molar-refractivity contribution in [2.24, 2.45) is 5.92 Å². The first-order valence-corrected chi connectivity index (χ1v) is 9.63. The van der Waals surface area contributed by atoms with E-state index in [1.165, 1.54) is 12.1 Å². The van der Waals surface area contributed by atoms with E-state index in [0.717, 1.165) is 25.5 Å². The molecule has 1 aromatic carbocycles. The van der Waals surface area contributed by atoms with Gasteiger partial charge in [-0.1, -0.05) is 24.9 Å². The minimum Gasteiger partial charge on any atom is -0.338 e. The Balaban J connectivity index is 2.30. The lowest BCUT2D eigenvalue weighted by molar-refractivity contribution is 0.0672. The molecular weight excluding hydrogens is 324 g/mol. The molecule has 0 saturated carbocycles. The number of amides is 1. The molecule has 0 aromatic heterocycles. The molecule has 7 heteroatoms. The zero-order valence-electron chi connectivity index (χ0n) is 12.8. The predicted octanol–water partition coefficient (Wildman–Crippen LogP) is 2.97. The first kappa shape index (κ1) is 17.1. The minimum atomic E-state index is -3.46. The molecule has 1 N–H and O–H groups in total. The van der Waals surface area contributed by atoms with Crippen LogP contribution in [-0.2, 0) is 10.0 Å². The first-order valence-electron chi connectivity index (χ1n) is 7.36. The molecule has 1 aliphatic heterocycles. The average molecular weight is 345 g/mol. The van der Waals surface area contributed by atoms with Crippen molar-refractivity contribution in [3.63, 3.8) is 0 Å². The van der Waals surface area contributed by atoms with E-state index in [-0.39, 0.29) is 11.6 Å². The van der Waals surface area contributed by atoms with Crippen LogP contribution in [0.2, 0.25) is 5.02 Å². The molecule has 0 bridgehead atoms. The largest absolute Gasteiger partial charge is 0.338 e. The van der Waals surface area contributed by atoms with Crippen molar-refractivity contribution >= 4 is 33.2 Å². The number of hydrogen-bond acceptors (Lipinski definition) is 3. The van der Waals surface area contributed by atoms with Gasteiger partial charge in [-0.05, 0) is 37.0 Å². The van der Waals surface area contributed by atoms with Crippen molar-refractivity contribution in [2.75, 3.05) is 24.1 Å². The molecule has 0 radical (unpaired) electrons. The molecular formula is C15H21ClN2O3S. The maximum atomic E-state index is 12.8. The lowest BCUT2D eigenvalue weighted by atomic mass is 9.95. The summed E-state index contributed by atoms with van der Waals surface area (Å²) in [7, 11) is -3.46. The molecule has 1 heterocycles. The van der Waals surface area contributed by atoms with Gasteiger partial charge >= 0.3 is 0 Å². The molecule has 1 aromatic rings. The number of nitrogens with zero attached hydrogens (tertiary/aromatic N) is 1. The highest BCUT2D eigenvalue weighted by Crippen LogP contribution is 2.26. The number of anilines is 1. The number of nitrogens with one attached hydrogen (secondary N) is 1. The lowest BCUT2D eigenvalue weighted by Gasteiger charge is -2.32. The highest BCUT2D eigenvalue weighted by molar-refractivity contribution is 7.92. The van der Waals surface area contributed by atoms with E-state index < -0.39 is 10.0 Å². The van der Waals surface area contributed by atoms with Crippen LogP contribution in [0.1, 0.15) is 36.5 Å². The number of likely N-dealkylation sites (tertiary alicyclic amines) is 1. The van der Waals surface area contributed by atoms with Crippen LogP contribution in [0, 0.1) is 5.92 Å². The van der Waals surface area contributed by atoms with Crippen molar-refractivity contribution in [2.45, 2.75) is 26.2 Å². The molecule has 1 fully saturated rings. The third kappa shape index (κ3) is 4.36. The van der Waals surface area contributed by atoms with Gasteiger partial charge in [-0.3, -0.25) is 9.52 Å². The molecule has 1 saturated heterocycles. The molecule has 0 unspecified atom stereocenters. The summed E-state index contributed by atoms with van der Waals surface area (Å²) in [6.45, 7) is 3.52. The third-order valence-electron chi connectivity index (χ3n) is 3.89. The second-order valence-corrected chi connectivity index (χ2v) is 7.92. The predicted molar refractivity (Wildman–Crippen MR) is 88.8 cm³/mol. The molecule has 22 heavy (non-hydrogen) atoms. The fourth-order valence-electron chi connectivity index (χ4n) is 2.74. The number of piperidine rings is 1. The van der Waals surface area contributed by atoms with Crippen molar-refractivity contribution < 1.29 is 13.2 Å². The zero-order chi connectivity index (χ0) is 16.3. The summed E-state index contributed by atoms with van der Waals surface area (Å²) in [5, 5.41) is 0.409. The van der Waals surface area contributed by atoms with Crippen LogP contribution < -0.4 is 4.72 Å². The number of rotatable bonds is 4. The van der Waals surface area contributed by atoms with Gasteiger partial charge < -0.3 is 4.90 Å². The molecule has 0 spiro atoms. The maximum Gasteiger partial charge on any atom is 0.256 e. The van der Waals surface area contributed by atoms with Gasteiger partial charge in [0, 0.05) is 18.1 Å². The van der Waals surface area contributed by atoms with Crippen molar-refractivity contribution in [3.05, 3.63) is 28.8 Å². The van der Waals surface area contributed by atoms with E-state index in [2.05, 4.69) is 11.6 Å². The maximum absolute atomic E-state index is 12.8. The number of carbonyl (C=O) groups excluding carboxylic acids is 1. The Labute approximate surface area is 136 Å². The van der Waals surface area contributed by atoms with E-state index in [1.54, 1.807) is 11.0 Å². The van der Waals surface area contributed by atoms with Gasteiger partial charge in [-0.25, -0.2) is 8.42 Å².